The van der Waals surface area contributed by atoms with Gasteiger partial charge in [0.15, 0.2) is 0 Å². The lowest BCUT2D eigenvalue weighted by Gasteiger charge is -2.08. The van der Waals surface area contributed by atoms with Gasteiger partial charge in [-0.1, -0.05) is 0 Å². The first kappa shape index (κ1) is 13.0. The van der Waals surface area contributed by atoms with Crippen LogP contribution in [0.5, 0.6) is 5.75 Å². The molecule has 0 aromatic heterocycles. The average Bonchev–Trinajstić information content (AvgIpc) is 2.25. The number of carbonyl (C=O) groups excluding carboxylic acids is 1. The van der Waals surface area contributed by atoms with Gasteiger partial charge in [0.1, 0.15) is 5.75 Å². The van der Waals surface area contributed by atoms with Gasteiger partial charge in [-0.25, -0.2) is 0 Å². The van der Waals surface area contributed by atoms with E-state index in [9.17, 15) is 4.79 Å². The molecule has 0 heterocycles. The Bertz CT molecular complexity index is 379. The molecule has 0 aliphatic heterocycles. The van der Waals surface area contributed by atoms with E-state index in [0.717, 1.165) is 4.47 Å². The van der Waals surface area contributed by atoms with Gasteiger partial charge in [-0.2, -0.15) is 0 Å². The van der Waals surface area contributed by atoms with Crippen LogP contribution >= 0.6 is 15.9 Å². The third-order valence-corrected chi connectivity index (χ3v) is 2.59. The maximum absolute atomic E-state index is 11.6. The van der Waals surface area contributed by atoms with Gasteiger partial charge in [-0.3, -0.25) is 4.79 Å². The van der Waals surface area contributed by atoms with E-state index in [4.69, 9.17) is 9.84 Å². The largest absolute Gasteiger partial charge is 0.496 e. The molecule has 0 spiro atoms. The summed E-state index contributed by atoms with van der Waals surface area (Å²) in [6, 6.07) is 5.05. The summed E-state index contributed by atoms with van der Waals surface area (Å²) in [4.78, 5) is 11.6. The lowest BCUT2D eigenvalue weighted by molar-refractivity contribution is 0.0924. The summed E-state index contributed by atoms with van der Waals surface area (Å²) < 4.78 is 5.78. The number of benzene rings is 1. The third kappa shape index (κ3) is 3.50. The van der Waals surface area contributed by atoms with Crippen molar-refractivity contribution in [2.75, 3.05) is 13.7 Å². The van der Waals surface area contributed by atoms with Crippen LogP contribution in [0.1, 0.15) is 17.3 Å². The van der Waals surface area contributed by atoms with E-state index in [0.29, 0.717) is 11.3 Å². The van der Waals surface area contributed by atoms with Crippen LogP contribution in [0.4, 0.5) is 0 Å². The van der Waals surface area contributed by atoms with Crippen LogP contribution < -0.4 is 10.1 Å². The van der Waals surface area contributed by atoms with Gasteiger partial charge in [-0.15, -0.1) is 0 Å². The van der Waals surface area contributed by atoms with Crippen molar-refractivity contribution in [3.8, 4) is 5.75 Å². The van der Waals surface area contributed by atoms with Gasteiger partial charge < -0.3 is 15.2 Å². The van der Waals surface area contributed by atoms with Crippen molar-refractivity contribution in [2.24, 2.45) is 0 Å². The zero-order valence-electron chi connectivity index (χ0n) is 9.16. The van der Waals surface area contributed by atoms with Crippen molar-refractivity contribution < 1.29 is 14.6 Å². The molecule has 1 atom stereocenters. The third-order valence-electron chi connectivity index (χ3n) is 1.97. The molecule has 0 saturated carbocycles. The Morgan fingerprint density at radius 2 is 2.31 bits per heavy atom. The highest BCUT2D eigenvalue weighted by Gasteiger charge is 2.09. The van der Waals surface area contributed by atoms with E-state index in [1.807, 2.05) is 0 Å². The maximum atomic E-state index is 11.6. The van der Waals surface area contributed by atoms with E-state index < -0.39 is 6.10 Å². The predicted molar refractivity (Wildman–Crippen MR) is 64.7 cm³/mol. The number of hydrogen-bond acceptors (Lipinski definition) is 3. The summed E-state index contributed by atoms with van der Waals surface area (Å²) in [5, 5.41) is 11.7. The molecular weight excluding hydrogens is 274 g/mol. The highest BCUT2D eigenvalue weighted by molar-refractivity contribution is 9.10. The van der Waals surface area contributed by atoms with Crippen LogP contribution in [0.3, 0.4) is 0 Å². The number of hydrogen-bond donors (Lipinski definition) is 2. The number of rotatable bonds is 4. The molecule has 0 fully saturated rings. The SMILES string of the molecule is COc1ccc(C(=O)NCC(C)O)cc1Br. The second-order valence-corrected chi connectivity index (χ2v) is 4.26. The molecule has 0 radical (unpaired) electrons. The molecule has 1 aromatic rings. The van der Waals surface area contributed by atoms with Crippen LogP contribution in [0.25, 0.3) is 0 Å². The minimum absolute atomic E-state index is 0.218. The summed E-state index contributed by atoms with van der Waals surface area (Å²) in [5.74, 6) is 0.455. The number of methoxy groups -OCH3 is 1. The molecule has 1 amide bonds. The highest BCUT2D eigenvalue weighted by Crippen LogP contribution is 2.25. The number of halogens is 1. The molecular formula is C11H14BrNO3. The first-order valence-electron chi connectivity index (χ1n) is 4.84. The van der Waals surface area contributed by atoms with E-state index in [2.05, 4.69) is 21.2 Å². The normalized spacial score (nSPS) is 12.0. The van der Waals surface area contributed by atoms with Gasteiger partial charge >= 0.3 is 0 Å². The highest BCUT2D eigenvalue weighted by atomic mass is 79.9. The van der Waals surface area contributed by atoms with Crippen molar-refractivity contribution in [3.05, 3.63) is 28.2 Å². The quantitative estimate of drug-likeness (QED) is 0.884. The molecule has 0 aliphatic rings. The first-order chi connectivity index (χ1) is 7.54. The lowest BCUT2D eigenvalue weighted by atomic mass is 10.2. The number of amides is 1. The standard InChI is InChI=1S/C11H14BrNO3/c1-7(14)6-13-11(15)8-3-4-10(16-2)9(12)5-8/h3-5,7,14H,6H2,1-2H3,(H,13,15). The fourth-order valence-electron chi connectivity index (χ4n) is 1.15. The second kappa shape index (κ2) is 5.86. The fraction of sp³-hybridized carbons (Fsp3) is 0.364. The average molecular weight is 288 g/mol. The number of ether oxygens (including phenoxy) is 1. The molecule has 0 aliphatic carbocycles. The lowest BCUT2D eigenvalue weighted by Crippen LogP contribution is -2.30. The maximum Gasteiger partial charge on any atom is 0.251 e. The minimum atomic E-state index is -0.550. The van der Waals surface area contributed by atoms with Gasteiger partial charge in [0, 0.05) is 12.1 Å². The van der Waals surface area contributed by atoms with Crippen molar-refractivity contribution >= 4 is 21.8 Å². The monoisotopic (exact) mass is 287 g/mol. The van der Waals surface area contributed by atoms with E-state index in [1.54, 1.807) is 32.2 Å². The Morgan fingerprint density at radius 3 is 2.81 bits per heavy atom. The van der Waals surface area contributed by atoms with E-state index >= 15 is 0 Å². The Labute approximate surface area is 103 Å². The summed E-state index contributed by atoms with van der Waals surface area (Å²) in [7, 11) is 1.56. The zero-order chi connectivity index (χ0) is 12.1. The van der Waals surface area contributed by atoms with Crippen molar-refractivity contribution in [2.45, 2.75) is 13.0 Å². The molecule has 1 rings (SSSR count). The Hall–Kier alpha value is -1.07. The van der Waals surface area contributed by atoms with Gasteiger partial charge in [-0.05, 0) is 41.1 Å². The number of aliphatic hydroxyl groups excluding tert-OH is 1. The second-order valence-electron chi connectivity index (χ2n) is 3.41. The molecule has 4 nitrogen and oxygen atoms in total. The molecule has 1 unspecified atom stereocenters. The molecule has 2 N–H and O–H groups in total. The number of carbonyl (C=O) groups is 1. The number of nitrogens with one attached hydrogen (secondary N) is 1. The minimum Gasteiger partial charge on any atom is -0.496 e. The van der Waals surface area contributed by atoms with E-state index in [1.165, 1.54) is 0 Å². The van der Waals surface area contributed by atoms with Gasteiger partial charge in [0.05, 0.1) is 17.7 Å². The smallest absolute Gasteiger partial charge is 0.251 e. The molecule has 0 saturated heterocycles. The van der Waals surface area contributed by atoms with Crippen molar-refractivity contribution in [1.29, 1.82) is 0 Å². The summed E-state index contributed by atoms with van der Waals surface area (Å²) in [5.41, 5.74) is 0.522. The molecule has 1 aromatic carbocycles. The molecule has 5 heteroatoms. The number of aliphatic hydroxyl groups is 1. The van der Waals surface area contributed by atoms with Crippen LogP contribution in [0.2, 0.25) is 0 Å². The fourth-order valence-corrected chi connectivity index (χ4v) is 1.69. The molecule has 0 bridgehead atoms. The van der Waals surface area contributed by atoms with Crippen LogP contribution in [0.15, 0.2) is 22.7 Å². The summed E-state index contributed by atoms with van der Waals surface area (Å²) in [6.07, 6.45) is -0.550. The van der Waals surface area contributed by atoms with Crippen molar-refractivity contribution in [1.82, 2.24) is 5.32 Å². The van der Waals surface area contributed by atoms with Crippen LogP contribution in [-0.2, 0) is 0 Å². The van der Waals surface area contributed by atoms with Gasteiger partial charge in [0.25, 0.3) is 5.91 Å². The Balaban J connectivity index is 2.73. The molecule has 88 valence electrons. The summed E-state index contributed by atoms with van der Waals surface area (Å²) >= 11 is 3.30. The van der Waals surface area contributed by atoms with Gasteiger partial charge in [0.2, 0.25) is 0 Å². The van der Waals surface area contributed by atoms with E-state index in [-0.39, 0.29) is 12.5 Å². The Kier molecular flexibility index (Phi) is 4.76. The first-order valence-corrected chi connectivity index (χ1v) is 5.63. The predicted octanol–water partition coefficient (Wildman–Crippen LogP) is 1.57. The van der Waals surface area contributed by atoms with Crippen LogP contribution in [0, 0.1) is 0 Å². The topological polar surface area (TPSA) is 58.6 Å². The zero-order valence-corrected chi connectivity index (χ0v) is 10.7. The Morgan fingerprint density at radius 1 is 1.62 bits per heavy atom. The molecule has 16 heavy (non-hydrogen) atoms. The summed E-state index contributed by atoms with van der Waals surface area (Å²) in [6.45, 7) is 1.85. The van der Waals surface area contributed by atoms with Crippen molar-refractivity contribution in [3.63, 3.8) is 0 Å². The van der Waals surface area contributed by atoms with Crippen LogP contribution in [-0.4, -0.2) is 30.8 Å².